The number of nitrogens with zero attached hydrogens (tertiary/aromatic N) is 1. The van der Waals surface area contributed by atoms with Crippen LogP contribution >= 0.6 is 11.6 Å². The minimum Gasteiger partial charge on any atom is -0.407 e. The van der Waals surface area contributed by atoms with Crippen molar-refractivity contribution in [3.8, 4) is 0 Å². The molecule has 0 unspecified atom stereocenters. The summed E-state index contributed by atoms with van der Waals surface area (Å²) in [7, 11) is 0. The topological polar surface area (TPSA) is 78.9 Å². The number of rotatable bonds is 5. The lowest BCUT2D eigenvalue weighted by Gasteiger charge is -2.22. The summed E-state index contributed by atoms with van der Waals surface area (Å²) in [6.07, 6.45) is -0.321. The zero-order chi connectivity index (χ0) is 18.6. The molecule has 1 heterocycles. The van der Waals surface area contributed by atoms with Crippen LogP contribution in [-0.2, 0) is 16.0 Å². The number of halogens is 1. The lowest BCUT2D eigenvalue weighted by molar-refractivity contribution is -0.175. The Kier molecular flexibility index (Phi) is 5.44. The Morgan fingerprint density at radius 3 is 2.62 bits per heavy atom. The van der Waals surface area contributed by atoms with E-state index < -0.39 is 17.8 Å². The summed E-state index contributed by atoms with van der Waals surface area (Å²) < 4.78 is 5.01. The molecule has 1 saturated heterocycles. The maximum absolute atomic E-state index is 12.5. The molecule has 2 aromatic carbocycles. The van der Waals surface area contributed by atoms with Gasteiger partial charge in [0.25, 0.3) is 11.7 Å². The molecule has 0 spiro atoms. The quantitative estimate of drug-likeness (QED) is 0.789. The average molecular weight is 375 g/mol. The van der Waals surface area contributed by atoms with Crippen molar-refractivity contribution < 1.29 is 19.4 Å². The largest absolute Gasteiger partial charge is 0.410 e. The molecule has 6 nitrogen and oxygen atoms in total. The second kappa shape index (κ2) is 7.76. The number of hydrogen-bond acceptors (Lipinski definition) is 4. The fraction of sp³-hybridized carbons (Fsp3) is 0.263. The van der Waals surface area contributed by atoms with Gasteiger partial charge in [-0.2, -0.15) is 0 Å². The van der Waals surface area contributed by atoms with Gasteiger partial charge in [0.2, 0.25) is 0 Å². The first kappa shape index (κ1) is 18.2. The first-order valence-corrected chi connectivity index (χ1v) is 8.67. The lowest BCUT2D eigenvalue weighted by Crippen LogP contribution is -2.46. The van der Waals surface area contributed by atoms with Crippen LogP contribution in [0.1, 0.15) is 12.0 Å². The van der Waals surface area contributed by atoms with E-state index in [0.717, 1.165) is 5.56 Å². The Hall–Kier alpha value is -2.57. The molecule has 26 heavy (non-hydrogen) atoms. The molecule has 1 atom stereocenters. The molecule has 1 aliphatic rings. The molecule has 3 rings (SSSR count). The van der Waals surface area contributed by atoms with E-state index in [1.165, 1.54) is 4.90 Å². The molecule has 7 heteroatoms. The van der Waals surface area contributed by atoms with Crippen LogP contribution < -0.4 is 10.2 Å². The van der Waals surface area contributed by atoms with E-state index in [0.29, 0.717) is 17.1 Å². The molecule has 1 fully saturated rings. The molecule has 0 saturated carbocycles. The number of aliphatic hydroxyl groups is 1. The maximum Gasteiger partial charge on any atom is 0.410 e. The molecular weight excluding hydrogens is 356 g/mol. The van der Waals surface area contributed by atoms with Crippen LogP contribution in [0.3, 0.4) is 0 Å². The predicted molar refractivity (Wildman–Crippen MR) is 98.0 cm³/mol. The van der Waals surface area contributed by atoms with Gasteiger partial charge in [0, 0.05) is 30.2 Å². The van der Waals surface area contributed by atoms with Gasteiger partial charge in [-0.15, -0.1) is 0 Å². The Bertz CT molecular complexity index is 799. The van der Waals surface area contributed by atoms with Crippen LogP contribution in [0.2, 0.25) is 5.02 Å². The normalized spacial score (nSPS) is 19.5. The minimum absolute atomic E-state index is 0.0126. The van der Waals surface area contributed by atoms with E-state index in [1.54, 1.807) is 30.3 Å². The number of anilines is 1. The molecule has 0 aliphatic carbocycles. The number of amides is 2. The van der Waals surface area contributed by atoms with Crippen LogP contribution in [0.5, 0.6) is 0 Å². The Morgan fingerprint density at radius 1 is 1.19 bits per heavy atom. The van der Waals surface area contributed by atoms with Gasteiger partial charge in [-0.3, -0.25) is 4.79 Å². The number of alkyl carbamates (subject to hydrolysis) is 1. The summed E-state index contributed by atoms with van der Waals surface area (Å²) in [5.41, 5.74) is 1.54. The number of benzene rings is 2. The van der Waals surface area contributed by atoms with E-state index in [-0.39, 0.29) is 19.5 Å². The van der Waals surface area contributed by atoms with Gasteiger partial charge in [0.15, 0.2) is 0 Å². The van der Waals surface area contributed by atoms with E-state index in [1.807, 2.05) is 24.3 Å². The SMILES string of the molecule is O=C(NCCc1ccccc1Cl)O[C@@]1(O)CCN(c2ccccc2)C1=O. The first-order chi connectivity index (χ1) is 12.5. The van der Waals surface area contributed by atoms with Gasteiger partial charge in [-0.05, 0) is 30.2 Å². The monoisotopic (exact) mass is 374 g/mol. The highest BCUT2D eigenvalue weighted by molar-refractivity contribution is 6.31. The van der Waals surface area contributed by atoms with Crippen molar-refractivity contribution in [3.05, 3.63) is 65.2 Å². The first-order valence-electron chi connectivity index (χ1n) is 8.29. The molecule has 0 radical (unpaired) electrons. The zero-order valence-corrected chi connectivity index (χ0v) is 14.8. The highest BCUT2D eigenvalue weighted by Gasteiger charge is 2.49. The number of nitrogens with one attached hydrogen (secondary N) is 1. The van der Waals surface area contributed by atoms with Crippen molar-refractivity contribution >= 4 is 29.3 Å². The van der Waals surface area contributed by atoms with Crippen LogP contribution in [0.4, 0.5) is 10.5 Å². The standard InChI is InChI=1S/C19H19ClN2O4/c20-16-9-5-4-6-14(16)10-12-21-18(24)26-19(25)11-13-22(17(19)23)15-7-2-1-3-8-15/h1-9,25H,10-13H2,(H,21,24)/t19-/m0/s1. The van der Waals surface area contributed by atoms with Crippen molar-refractivity contribution in [1.82, 2.24) is 5.32 Å². The van der Waals surface area contributed by atoms with Gasteiger partial charge >= 0.3 is 6.09 Å². The summed E-state index contributed by atoms with van der Waals surface area (Å²) in [6, 6.07) is 16.3. The van der Waals surface area contributed by atoms with Gasteiger partial charge in [-0.1, -0.05) is 48.0 Å². The highest BCUT2D eigenvalue weighted by Crippen LogP contribution is 2.29. The molecule has 2 aromatic rings. The van der Waals surface area contributed by atoms with Crippen LogP contribution in [0.15, 0.2) is 54.6 Å². The zero-order valence-electron chi connectivity index (χ0n) is 14.0. The van der Waals surface area contributed by atoms with Crippen LogP contribution in [-0.4, -0.2) is 36.0 Å². The summed E-state index contributed by atoms with van der Waals surface area (Å²) in [4.78, 5) is 25.8. The Balaban J connectivity index is 1.54. The van der Waals surface area contributed by atoms with Crippen LogP contribution in [0, 0.1) is 0 Å². The summed E-state index contributed by atoms with van der Waals surface area (Å²) in [5.74, 6) is -2.80. The van der Waals surface area contributed by atoms with Crippen molar-refractivity contribution in [2.24, 2.45) is 0 Å². The lowest BCUT2D eigenvalue weighted by atomic mass is 10.1. The van der Waals surface area contributed by atoms with Crippen molar-refractivity contribution in [1.29, 1.82) is 0 Å². The smallest absolute Gasteiger partial charge is 0.407 e. The average Bonchev–Trinajstić information content (AvgIpc) is 2.92. The molecule has 2 amide bonds. The van der Waals surface area contributed by atoms with E-state index >= 15 is 0 Å². The fourth-order valence-corrected chi connectivity index (χ4v) is 3.05. The fourth-order valence-electron chi connectivity index (χ4n) is 2.82. The van der Waals surface area contributed by atoms with Gasteiger partial charge in [-0.25, -0.2) is 4.79 Å². The maximum atomic E-state index is 12.5. The second-order valence-electron chi connectivity index (χ2n) is 5.98. The molecule has 0 aromatic heterocycles. The van der Waals surface area contributed by atoms with Crippen LogP contribution in [0.25, 0.3) is 0 Å². The van der Waals surface area contributed by atoms with E-state index in [4.69, 9.17) is 16.3 Å². The Labute approximate surface area is 156 Å². The minimum atomic E-state index is -2.15. The van der Waals surface area contributed by atoms with E-state index in [2.05, 4.69) is 5.32 Å². The molecule has 0 bridgehead atoms. The third-order valence-corrected chi connectivity index (χ3v) is 4.57. The highest BCUT2D eigenvalue weighted by atomic mass is 35.5. The molecule has 1 aliphatic heterocycles. The van der Waals surface area contributed by atoms with Gasteiger partial charge in [0.1, 0.15) is 0 Å². The third kappa shape index (κ3) is 3.98. The van der Waals surface area contributed by atoms with Crippen molar-refractivity contribution in [2.75, 3.05) is 18.0 Å². The summed E-state index contributed by atoms with van der Waals surface area (Å²) in [5, 5.41) is 13.6. The summed E-state index contributed by atoms with van der Waals surface area (Å²) in [6.45, 7) is 0.543. The number of hydrogen-bond donors (Lipinski definition) is 2. The van der Waals surface area contributed by atoms with Crippen molar-refractivity contribution in [3.63, 3.8) is 0 Å². The third-order valence-electron chi connectivity index (χ3n) is 4.20. The summed E-state index contributed by atoms with van der Waals surface area (Å²) >= 11 is 6.06. The second-order valence-corrected chi connectivity index (χ2v) is 6.39. The number of carbonyl (C=O) groups is 2. The van der Waals surface area contributed by atoms with Gasteiger partial charge in [0.05, 0.1) is 0 Å². The number of ether oxygens (including phenoxy) is 1. The predicted octanol–water partition coefficient (Wildman–Crippen LogP) is 2.73. The van der Waals surface area contributed by atoms with Gasteiger partial charge < -0.3 is 20.1 Å². The number of para-hydroxylation sites is 1. The van der Waals surface area contributed by atoms with Crippen molar-refractivity contribution in [2.45, 2.75) is 18.6 Å². The molecule has 2 N–H and O–H groups in total. The molecule has 136 valence electrons. The molecular formula is C19H19ClN2O4. The Morgan fingerprint density at radius 2 is 1.88 bits per heavy atom. The number of carbonyl (C=O) groups excluding carboxylic acids is 2. The van der Waals surface area contributed by atoms with E-state index in [9.17, 15) is 14.7 Å².